The summed E-state index contributed by atoms with van der Waals surface area (Å²) in [5, 5.41) is 89.0. The van der Waals surface area contributed by atoms with E-state index in [4.69, 9.17) is 14.2 Å². The number of aromatic hydroxyl groups is 9. The molecule has 0 aromatic heterocycles. The number of hydrogen-bond donors (Lipinski definition) is 9. The van der Waals surface area contributed by atoms with Crippen molar-refractivity contribution in [3.63, 3.8) is 0 Å². The van der Waals surface area contributed by atoms with Crippen molar-refractivity contribution in [3.8, 4) is 86.2 Å². The number of benzene rings is 4. The minimum absolute atomic E-state index is 0.126. The van der Waals surface area contributed by atoms with Gasteiger partial charge >= 0.3 is 0 Å². The molecule has 36 heavy (non-hydrogen) atoms. The molecule has 0 fully saturated rings. The Labute approximate surface area is 201 Å². The molecule has 0 amide bonds. The van der Waals surface area contributed by atoms with Gasteiger partial charge in [0.2, 0.25) is 17.2 Å². The van der Waals surface area contributed by atoms with Gasteiger partial charge in [0.05, 0.1) is 0 Å². The van der Waals surface area contributed by atoms with E-state index in [9.17, 15) is 46.0 Å². The lowest BCUT2D eigenvalue weighted by molar-refractivity contribution is 0.351. The average molecular weight is 498 g/mol. The molecule has 4 aromatic rings. The summed E-state index contributed by atoms with van der Waals surface area (Å²) in [6.45, 7) is 0. The van der Waals surface area contributed by atoms with E-state index >= 15 is 0 Å². The van der Waals surface area contributed by atoms with Gasteiger partial charge < -0.3 is 60.2 Å². The van der Waals surface area contributed by atoms with Crippen LogP contribution in [0.1, 0.15) is 0 Å². The molecule has 186 valence electrons. The van der Waals surface area contributed by atoms with Crippen LogP contribution < -0.4 is 14.2 Å². The Morgan fingerprint density at radius 1 is 0.306 bits per heavy atom. The molecule has 0 radical (unpaired) electrons. The van der Waals surface area contributed by atoms with E-state index in [2.05, 4.69) is 0 Å². The van der Waals surface area contributed by atoms with E-state index in [0.717, 1.165) is 48.5 Å². The lowest BCUT2D eigenvalue weighted by Gasteiger charge is -2.15. The van der Waals surface area contributed by atoms with Crippen molar-refractivity contribution < 1.29 is 60.2 Å². The van der Waals surface area contributed by atoms with E-state index in [1.165, 1.54) is 6.07 Å². The van der Waals surface area contributed by atoms with Crippen molar-refractivity contribution in [1.82, 2.24) is 0 Å². The molecule has 0 heterocycles. The summed E-state index contributed by atoms with van der Waals surface area (Å²) in [5.74, 6) is -6.69. The molecule has 0 saturated carbocycles. The Balaban J connectivity index is 1.60. The van der Waals surface area contributed by atoms with Crippen LogP contribution in [0.15, 0.2) is 54.6 Å². The topological polar surface area (TPSA) is 210 Å². The van der Waals surface area contributed by atoms with Gasteiger partial charge in [-0.1, -0.05) is 0 Å². The smallest absolute Gasteiger partial charge is 0.210 e. The molecule has 0 unspecified atom stereocenters. The molecule has 0 aliphatic carbocycles. The van der Waals surface area contributed by atoms with Crippen LogP contribution in [0.3, 0.4) is 0 Å². The van der Waals surface area contributed by atoms with Gasteiger partial charge in [-0.25, -0.2) is 0 Å². The monoisotopic (exact) mass is 498 g/mol. The second-order valence-corrected chi connectivity index (χ2v) is 7.39. The van der Waals surface area contributed by atoms with Gasteiger partial charge in [-0.3, -0.25) is 0 Å². The molecule has 4 aromatic carbocycles. The van der Waals surface area contributed by atoms with E-state index in [0.29, 0.717) is 0 Å². The Morgan fingerprint density at radius 3 is 0.889 bits per heavy atom. The zero-order valence-electron chi connectivity index (χ0n) is 17.9. The molecule has 0 aliphatic rings. The van der Waals surface area contributed by atoms with E-state index in [-0.39, 0.29) is 23.0 Å². The van der Waals surface area contributed by atoms with Crippen molar-refractivity contribution in [1.29, 1.82) is 0 Å². The lowest BCUT2D eigenvalue weighted by Crippen LogP contribution is -1.91. The number of phenolic OH excluding ortho intramolecular Hbond substituents is 9. The van der Waals surface area contributed by atoms with Crippen LogP contribution in [0.2, 0.25) is 0 Å². The summed E-state index contributed by atoms with van der Waals surface area (Å²) in [4.78, 5) is 0. The maximum atomic E-state index is 10.4. The van der Waals surface area contributed by atoms with Gasteiger partial charge in [0.25, 0.3) is 0 Å². The minimum Gasteiger partial charge on any atom is -0.508 e. The summed E-state index contributed by atoms with van der Waals surface area (Å²) in [6.07, 6.45) is 0. The molecule has 4 rings (SSSR count). The lowest BCUT2D eigenvalue weighted by atomic mass is 10.2. The normalized spacial score (nSPS) is 10.7. The zero-order chi connectivity index (χ0) is 26.1. The highest BCUT2D eigenvalue weighted by Crippen LogP contribution is 2.48. The van der Waals surface area contributed by atoms with Crippen LogP contribution in [0.5, 0.6) is 86.2 Å². The molecule has 0 bridgehead atoms. The van der Waals surface area contributed by atoms with Crippen LogP contribution in [0.4, 0.5) is 0 Å². The van der Waals surface area contributed by atoms with Crippen molar-refractivity contribution in [2.24, 2.45) is 0 Å². The van der Waals surface area contributed by atoms with E-state index in [1.54, 1.807) is 0 Å². The second-order valence-electron chi connectivity index (χ2n) is 7.39. The Kier molecular flexibility index (Phi) is 5.92. The first-order valence-electron chi connectivity index (χ1n) is 9.93. The van der Waals surface area contributed by atoms with Gasteiger partial charge in [-0.05, 0) is 0 Å². The number of hydrogen-bond acceptors (Lipinski definition) is 12. The third kappa shape index (κ3) is 4.87. The Hall–Kier alpha value is -5.52. The number of rotatable bonds is 6. The Morgan fingerprint density at radius 2 is 0.556 bits per heavy atom. The standard InChI is InChI=1S/C24H18O12/c25-10-1-13(34-22-16(28)3-11(26)4-17(22)29)7-14(2-10)35-24-20(32)8-15(9-21(24)33)36-23-18(30)5-12(27)6-19(23)31/h1-9,25-33H. The van der Waals surface area contributed by atoms with Crippen LogP contribution in [0, 0.1) is 0 Å². The maximum Gasteiger partial charge on any atom is 0.210 e. The van der Waals surface area contributed by atoms with Crippen LogP contribution in [0.25, 0.3) is 0 Å². The molecule has 12 nitrogen and oxygen atoms in total. The molecule has 9 N–H and O–H groups in total. The largest absolute Gasteiger partial charge is 0.508 e. The van der Waals surface area contributed by atoms with Gasteiger partial charge in [-0.15, -0.1) is 0 Å². The molecule has 0 aliphatic heterocycles. The molecular weight excluding hydrogens is 480 g/mol. The first kappa shape index (κ1) is 23.6. The second kappa shape index (κ2) is 9.02. The summed E-state index contributed by atoms with van der Waals surface area (Å²) >= 11 is 0. The molecule has 0 atom stereocenters. The highest BCUT2D eigenvalue weighted by atomic mass is 16.5. The highest BCUT2D eigenvalue weighted by Gasteiger charge is 2.19. The van der Waals surface area contributed by atoms with Crippen LogP contribution >= 0.6 is 0 Å². The maximum absolute atomic E-state index is 10.4. The molecule has 0 saturated heterocycles. The van der Waals surface area contributed by atoms with Crippen LogP contribution in [-0.4, -0.2) is 46.0 Å². The molecule has 0 spiro atoms. The summed E-state index contributed by atoms with van der Waals surface area (Å²) < 4.78 is 16.1. The fourth-order valence-corrected chi connectivity index (χ4v) is 3.14. The quantitative estimate of drug-likeness (QED) is 0.181. The van der Waals surface area contributed by atoms with E-state index < -0.39 is 63.2 Å². The van der Waals surface area contributed by atoms with E-state index in [1.807, 2.05) is 0 Å². The van der Waals surface area contributed by atoms with Crippen LogP contribution in [-0.2, 0) is 0 Å². The zero-order valence-corrected chi connectivity index (χ0v) is 17.9. The Bertz CT molecular complexity index is 1390. The third-order valence-corrected chi connectivity index (χ3v) is 4.62. The third-order valence-electron chi connectivity index (χ3n) is 4.62. The highest BCUT2D eigenvalue weighted by molar-refractivity contribution is 5.60. The minimum atomic E-state index is -0.637. The summed E-state index contributed by atoms with van der Waals surface area (Å²) in [6, 6.07) is 9.07. The van der Waals surface area contributed by atoms with Crippen molar-refractivity contribution in [2.75, 3.05) is 0 Å². The SMILES string of the molecule is Oc1cc(Oc2c(O)cc(O)cc2O)cc(Oc2c(O)cc(Oc3c(O)cc(O)cc3O)cc2O)c1. The number of ether oxygens (including phenoxy) is 3. The van der Waals surface area contributed by atoms with Gasteiger partial charge in [0, 0.05) is 54.6 Å². The van der Waals surface area contributed by atoms with Crippen molar-refractivity contribution in [2.45, 2.75) is 0 Å². The summed E-state index contributed by atoms with van der Waals surface area (Å²) in [7, 11) is 0. The van der Waals surface area contributed by atoms with Crippen molar-refractivity contribution in [3.05, 3.63) is 54.6 Å². The molecular formula is C24H18O12. The van der Waals surface area contributed by atoms with Gasteiger partial charge in [0.15, 0.2) is 34.5 Å². The summed E-state index contributed by atoms with van der Waals surface area (Å²) in [5.41, 5.74) is 0. The van der Waals surface area contributed by atoms with Gasteiger partial charge in [0.1, 0.15) is 34.5 Å². The van der Waals surface area contributed by atoms with Gasteiger partial charge in [-0.2, -0.15) is 0 Å². The fraction of sp³-hybridized carbons (Fsp3) is 0. The fourth-order valence-electron chi connectivity index (χ4n) is 3.14. The predicted octanol–water partition coefficient (Wildman–Crippen LogP) is 4.41. The molecule has 12 heteroatoms. The number of phenols is 9. The predicted molar refractivity (Wildman–Crippen MR) is 121 cm³/mol. The first-order valence-corrected chi connectivity index (χ1v) is 9.93. The average Bonchev–Trinajstić information content (AvgIpc) is 2.75. The van der Waals surface area contributed by atoms with Crippen molar-refractivity contribution >= 4 is 0 Å². The first-order chi connectivity index (χ1) is 17.0.